The third-order valence-electron chi connectivity index (χ3n) is 2.80. The monoisotopic (exact) mass is 173 g/mol. The fourth-order valence-electron chi connectivity index (χ4n) is 2.03. The predicted octanol–water partition coefficient (Wildman–Crippen LogP) is 3.96. The Labute approximate surface area is 81.0 Å². The molecule has 0 spiro atoms. The average Bonchev–Trinajstić information content (AvgIpc) is 2.47. The van der Waals surface area contributed by atoms with Crippen molar-refractivity contribution in [1.82, 2.24) is 0 Å². The minimum absolute atomic E-state index is 1.11. The first kappa shape index (κ1) is 8.80. The van der Waals surface area contributed by atoms with Crippen LogP contribution >= 0.6 is 0 Å². The smallest absolute Gasteiger partial charge is 0.0196 e. The van der Waals surface area contributed by atoms with Crippen molar-refractivity contribution in [2.24, 2.45) is 0 Å². The molecule has 0 unspecified atom stereocenters. The van der Waals surface area contributed by atoms with Crippen molar-refractivity contribution < 1.29 is 0 Å². The molecule has 69 valence electrons. The molecule has 2 rings (SSSR count). The summed E-state index contributed by atoms with van der Waals surface area (Å²) in [7, 11) is 0. The van der Waals surface area contributed by atoms with E-state index in [4.69, 9.17) is 0 Å². The zero-order valence-electron chi connectivity index (χ0n) is 8.18. The van der Waals surface area contributed by atoms with Crippen LogP contribution in [0.4, 0.5) is 0 Å². The molecule has 0 fully saturated rings. The van der Waals surface area contributed by atoms with E-state index in [0.29, 0.717) is 0 Å². The molecular weight excluding hydrogens is 156 g/mol. The number of hydrogen-bond acceptors (Lipinski definition) is 0. The summed E-state index contributed by atoms with van der Waals surface area (Å²) >= 11 is 0. The lowest BCUT2D eigenvalue weighted by molar-refractivity contribution is 0.712. The largest absolute Gasteiger partial charge is 0.0836 e. The molecule has 13 heavy (non-hydrogen) atoms. The van der Waals surface area contributed by atoms with Gasteiger partial charge in [0.2, 0.25) is 0 Å². The molecule has 0 heterocycles. The first-order valence-electron chi connectivity index (χ1n) is 5.43. The molecule has 0 saturated heterocycles. The predicted molar refractivity (Wildman–Crippen MR) is 56.3 cm³/mol. The molecule has 1 radical (unpaired) electrons. The Morgan fingerprint density at radius 1 is 1.08 bits per heavy atom. The van der Waals surface area contributed by atoms with Gasteiger partial charge in [-0.25, -0.2) is 0 Å². The lowest BCUT2D eigenvalue weighted by atomic mass is 9.96. The highest BCUT2D eigenvalue weighted by atomic mass is 14.1. The van der Waals surface area contributed by atoms with Gasteiger partial charge in [-0.2, -0.15) is 0 Å². The van der Waals surface area contributed by atoms with Gasteiger partial charge in [-0.15, -0.1) is 0 Å². The van der Waals surface area contributed by atoms with Gasteiger partial charge in [-0.05, 0) is 55.7 Å². The molecule has 0 amide bonds. The highest BCUT2D eigenvalue weighted by Gasteiger charge is 2.07. The Bertz CT molecular complexity index is 253. The number of rotatable bonds is 1. The number of allylic oxidation sites excluding steroid dienone is 6. The minimum atomic E-state index is 1.11. The van der Waals surface area contributed by atoms with E-state index in [1.54, 1.807) is 5.57 Å². The van der Waals surface area contributed by atoms with Crippen LogP contribution in [-0.4, -0.2) is 0 Å². The Balaban J connectivity index is 2.09. The second-order valence-electron chi connectivity index (χ2n) is 3.86. The van der Waals surface area contributed by atoms with E-state index in [-0.39, 0.29) is 0 Å². The Morgan fingerprint density at radius 3 is 2.92 bits per heavy atom. The molecule has 0 nitrogen and oxygen atoms in total. The van der Waals surface area contributed by atoms with Gasteiger partial charge in [-0.1, -0.05) is 24.6 Å². The summed E-state index contributed by atoms with van der Waals surface area (Å²) in [5, 5.41) is 0. The van der Waals surface area contributed by atoms with Crippen LogP contribution in [0.15, 0.2) is 29.4 Å². The summed E-state index contributed by atoms with van der Waals surface area (Å²) < 4.78 is 0. The summed E-state index contributed by atoms with van der Waals surface area (Å²) in [5.74, 6) is 0. The minimum Gasteiger partial charge on any atom is -0.0836 e. The van der Waals surface area contributed by atoms with E-state index in [9.17, 15) is 0 Å². The van der Waals surface area contributed by atoms with Gasteiger partial charge in [0.1, 0.15) is 0 Å². The summed E-state index contributed by atoms with van der Waals surface area (Å²) in [6.45, 7) is 0. The maximum atomic E-state index is 3.48. The van der Waals surface area contributed by atoms with E-state index in [1.165, 1.54) is 44.1 Å². The highest BCUT2D eigenvalue weighted by molar-refractivity contribution is 5.39. The molecule has 2 aliphatic carbocycles. The zero-order valence-corrected chi connectivity index (χ0v) is 8.18. The summed E-state index contributed by atoms with van der Waals surface area (Å²) in [5.41, 5.74) is 2.93. The average molecular weight is 173 g/mol. The third-order valence-corrected chi connectivity index (χ3v) is 2.80. The van der Waals surface area contributed by atoms with Crippen LogP contribution < -0.4 is 0 Å². The van der Waals surface area contributed by atoms with E-state index < -0.39 is 0 Å². The van der Waals surface area contributed by atoms with Gasteiger partial charge >= 0.3 is 0 Å². The second-order valence-corrected chi connectivity index (χ2v) is 3.86. The first-order valence-corrected chi connectivity index (χ1v) is 5.43. The molecule has 0 heteroatoms. The second kappa shape index (κ2) is 4.45. The fourth-order valence-corrected chi connectivity index (χ4v) is 2.03. The highest BCUT2D eigenvalue weighted by Crippen LogP contribution is 2.25. The molecule has 0 aromatic rings. The Morgan fingerprint density at radius 2 is 2.08 bits per heavy atom. The van der Waals surface area contributed by atoms with Crippen molar-refractivity contribution in [3.05, 3.63) is 35.5 Å². The normalized spacial score (nSPS) is 23.4. The van der Waals surface area contributed by atoms with Gasteiger partial charge in [0, 0.05) is 0 Å². The summed E-state index contributed by atoms with van der Waals surface area (Å²) in [6, 6.07) is 0. The molecule has 0 aliphatic heterocycles. The van der Waals surface area contributed by atoms with Gasteiger partial charge in [0.25, 0.3) is 0 Å². The van der Waals surface area contributed by atoms with Crippen molar-refractivity contribution in [3.8, 4) is 0 Å². The molecule has 0 N–H and O–H groups in total. The van der Waals surface area contributed by atoms with Gasteiger partial charge < -0.3 is 0 Å². The molecule has 2 aliphatic rings. The van der Waals surface area contributed by atoms with Crippen molar-refractivity contribution >= 4 is 0 Å². The van der Waals surface area contributed by atoms with Gasteiger partial charge in [0.05, 0.1) is 0 Å². The van der Waals surface area contributed by atoms with Gasteiger partial charge in [0.15, 0.2) is 0 Å². The van der Waals surface area contributed by atoms with Gasteiger partial charge in [-0.3, -0.25) is 0 Å². The lowest BCUT2D eigenvalue weighted by Gasteiger charge is -2.09. The van der Waals surface area contributed by atoms with Crippen molar-refractivity contribution in [2.45, 2.75) is 44.9 Å². The van der Waals surface area contributed by atoms with Crippen molar-refractivity contribution in [3.63, 3.8) is 0 Å². The SMILES string of the molecule is [C]1=C(C2=CCCCCC2)C=CCC1. The lowest BCUT2D eigenvalue weighted by Crippen LogP contribution is -1.90. The van der Waals surface area contributed by atoms with Crippen LogP contribution in [-0.2, 0) is 0 Å². The first-order chi connectivity index (χ1) is 6.47. The standard InChI is InChI=1S/C13H17/c1-2-5-9-12(8-4-1)13-10-6-3-7-11-13/h6,8,10H,1-5,7,9H2. The molecule has 0 bridgehead atoms. The van der Waals surface area contributed by atoms with Crippen LogP contribution in [0.5, 0.6) is 0 Å². The van der Waals surface area contributed by atoms with Crippen LogP contribution in [0.25, 0.3) is 0 Å². The maximum absolute atomic E-state index is 3.48. The molecule has 0 aromatic carbocycles. The molecule has 0 aromatic heterocycles. The van der Waals surface area contributed by atoms with E-state index in [2.05, 4.69) is 24.3 Å². The number of hydrogen-bond donors (Lipinski definition) is 0. The zero-order chi connectivity index (χ0) is 8.93. The van der Waals surface area contributed by atoms with E-state index >= 15 is 0 Å². The maximum Gasteiger partial charge on any atom is -0.0196 e. The fraction of sp³-hybridized carbons (Fsp3) is 0.538. The van der Waals surface area contributed by atoms with Crippen LogP contribution in [0.1, 0.15) is 44.9 Å². The quantitative estimate of drug-likeness (QED) is 0.563. The third kappa shape index (κ3) is 2.33. The van der Waals surface area contributed by atoms with Crippen LogP contribution in [0.2, 0.25) is 0 Å². The van der Waals surface area contributed by atoms with Crippen LogP contribution in [0.3, 0.4) is 0 Å². The Hall–Kier alpha value is -0.780. The summed E-state index contributed by atoms with van der Waals surface area (Å²) in [6.07, 6.45) is 19.4. The summed E-state index contributed by atoms with van der Waals surface area (Å²) in [4.78, 5) is 0. The van der Waals surface area contributed by atoms with E-state index in [1.807, 2.05) is 0 Å². The van der Waals surface area contributed by atoms with Crippen LogP contribution in [0, 0.1) is 6.08 Å². The topological polar surface area (TPSA) is 0 Å². The van der Waals surface area contributed by atoms with Crippen molar-refractivity contribution in [1.29, 1.82) is 0 Å². The Kier molecular flexibility index (Phi) is 3.02. The molecule has 0 saturated carbocycles. The molecular formula is C13H17. The van der Waals surface area contributed by atoms with E-state index in [0.717, 1.165) is 6.42 Å². The van der Waals surface area contributed by atoms with Crippen molar-refractivity contribution in [2.75, 3.05) is 0 Å². The molecule has 0 atom stereocenters.